The van der Waals surface area contributed by atoms with Crippen LogP contribution in [0.2, 0.25) is 10.0 Å². The lowest BCUT2D eigenvalue weighted by Gasteiger charge is -2.47. The molecule has 4 aromatic carbocycles. The number of nitrogens with zero attached hydrogens (tertiary/aromatic N) is 9. The summed E-state index contributed by atoms with van der Waals surface area (Å²) in [4.78, 5) is 18.4. The van der Waals surface area contributed by atoms with Gasteiger partial charge in [0.05, 0.1) is 35.0 Å². The van der Waals surface area contributed by atoms with Crippen LogP contribution >= 0.6 is 23.2 Å². The van der Waals surface area contributed by atoms with Crippen molar-refractivity contribution in [1.29, 1.82) is 0 Å². The van der Waals surface area contributed by atoms with Crippen LogP contribution in [0.5, 0.6) is 0 Å². The van der Waals surface area contributed by atoms with E-state index in [1.54, 1.807) is 97.1 Å². The second-order valence-corrected chi connectivity index (χ2v) is 24.2. The van der Waals surface area contributed by atoms with Crippen molar-refractivity contribution in [3.05, 3.63) is 130 Å². The second-order valence-electron chi connectivity index (χ2n) is 19.0. The number of amides is 1. The zero-order valence-corrected chi connectivity index (χ0v) is 44.4. The van der Waals surface area contributed by atoms with Crippen LogP contribution in [0.15, 0.2) is 106 Å². The highest BCUT2D eigenvalue weighted by molar-refractivity contribution is 7.93. The Kier molecular flexibility index (Phi) is 17.3. The van der Waals surface area contributed by atoms with Crippen LogP contribution in [0.3, 0.4) is 0 Å². The number of rotatable bonds is 17. The molecule has 25 heteroatoms. The minimum Gasteiger partial charge on any atom is -0.415 e. The number of halogens is 6. The average Bonchev–Trinajstić information content (AvgIpc) is 4.10. The third-order valence-corrected chi connectivity index (χ3v) is 19.2. The molecule has 1 amide bonds. The fourth-order valence-electron chi connectivity index (χ4n) is 9.72. The molecule has 0 saturated carbocycles. The standard InChI is InChI=1S/C27H30ClF2N5O4S.C24H26ClF2N5O3S/c1-2-24(36)34-16-22(17-34)33-12-10-23(11-13-33)40(37,38)35(21-5-3-4-20(28)14-21)15-18-6-8-19(9-7-18)26-31-32-27(39-26)25(29)30;25-18-2-1-3-19(12-18)32(36(33,34)21-8-10-31(11-9-21)20-13-28-14-20)15-16-4-6-17(7-5-16)23-29-30-24(35-23)22(26)27/h3-9,14,22-23,25H,2,10-13,15-17H2,1H3;1-7,12,20-22,28H,8-11,13-15H2. The van der Waals surface area contributed by atoms with E-state index in [1.165, 1.54) is 8.61 Å². The maximum Gasteiger partial charge on any atom is 0.314 e. The lowest BCUT2D eigenvalue weighted by molar-refractivity contribution is -0.138. The summed E-state index contributed by atoms with van der Waals surface area (Å²) in [5.41, 5.74) is 3.28. The molecule has 1 N–H and O–H groups in total. The van der Waals surface area contributed by atoms with Gasteiger partial charge in [-0.2, -0.15) is 17.6 Å². The van der Waals surface area contributed by atoms with Crippen molar-refractivity contribution in [3.8, 4) is 22.9 Å². The maximum atomic E-state index is 14.0. The van der Waals surface area contributed by atoms with Crippen LogP contribution in [-0.4, -0.2) is 133 Å². The summed E-state index contributed by atoms with van der Waals surface area (Å²) in [5.74, 6) is -1.42. The quantitative estimate of drug-likeness (QED) is 0.0852. The number of alkyl halides is 4. The first-order valence-corrected chi connectivity index (χ1v) is 28.7. The van der Waals surface area contributed by atoms with Gasteiger partial charge in [-0.25, -0.2) is 16.8 Å². The van der Waals surface area contributed by atoms with Gasteiger partial charge in [0.15, 0.2) is 0 Å². The lowest BCUT2D eigenvalue weighted by atomic mass is 10.0. The van der Waals surface area contributed by atoms with Crippen molar-refractivity contribution < 1.29 is 48.0 Å². The van der Waals surface area contributed by atoms with Gasteiger partial charge in [-0.1, -0.05) is 66.5 Å². The molecule has 2 aromatic heterocycles. The number of carbonyl (C=O) groups excluding carboxylic acids is 1. The fourth-order valence-corrected chi connectivity index (χ4v) is 13.9. The van der Waals surface area contributed by atoms with Crippen LogP contribution in [0.1, 0.15) is 74.8 Å². The highest BCUT2D eigenvalue weighted by Gasteiger charge is 2.41. The molecule has 0 radical (unpaired) electrons. The summed E-state index contributed by atoms with van der Waals surface area (Å²) in [7, 11) is -7.46. The van der Waals surface area contributed by atoms with E-state index in [-0.39, 0.29) is 36.8 Å². The number of piperidine rings is 2. The zero-order chi connectivity index (χ0) is 53.7. The van der Waals surface area contributed by atoms with Crippen LogP contribution in [0.25, 0.3) is 22.9 Å². The number of sulfonamides is 2. The summed E-state index contributed by atoms with van der Waals surface area (Å²) in [6, 6.07) is 27.7. The molecule has 10 rings (SSSR count). The second kappa shape index (κ2) is 23.9. The Labute approximate surface area is 448 Å². The maximum absolute atomic E-state index is 14.0. The minimum atomic E-state index is -3.77. The number of carbonyl (C=O) groups is 1. The summed E-state index contributed by atoms with van der Waals surface area (Å²) in [6.07, 6.45) is -3.11. The normalized spacial score (nSPS) is 17.6. The smallest absolute Gasteiger partial charge is 0.314 e. The molecule has 76 heavy (non-hydrogen) atoms. The van der Waals surface area contributed by atoms with Gasteiger partial charge in [0.1, 0.15) is 0 Å². The summed E-state index contributed by atoms with van der Waals surface area (Å²) in [6.45, 7) is 8.10. The van der Waals surface area contributed by atoms with Gasteiger partial charge in [-0.3, -0.25) is 23.2 Å². The van der Waals surface area contributed by atoms with E-state index >= 15 is 0 Å². The SMILES string of the molecule is CCC(=O)N1CC(N2CCC(S(=O)(=O)N(Cc3ccc(-c4nnc(C(F)F)o4)cc3)c3cccc(Cl)c3)CC2)C1.O=S(=O)(C1CCN(C2CNC2)CC1)N(Cc1ccc(-c2nnc(C(F)F)o2)cc1)c1cccc(Cl)c1. The molecule has 0 bridgehead atoms. The van der Waals surface area contributed by atoms with E-state index in [0.29, 0.717) is 108 Å². The van der Waals surface area contributed by atoms with Gasteiger partial charge in [0, 0.05) is 65.9 Å². The molecule has 406 valence electrons. The van der Waals surface area contributed by atoms with Crippen LogP contribution in [0.4, 0.5) is 28.9 Å². The third-order valence-electron chi connectivity index (χ3n) is 14.2. The van der Waals surface area contributed by atoms with Gasteiger partial charge in [-0.15, -0.1) is 20.4 Å². The molecule has 0 atom stereocenters. The number of hydrogen-bond acceptors (Lipinski definition) is 14. The van der Waals surface area contributed by atoms with E-state index in [1.807, 2.05) is 11.8 Å². The van der Waals surface area contributed by atoms with Gasteiger partial charge < -0.3 is 19.1 Å². The van der Waals surface area contributed by atoms with Crippen LogP contribution in [-0.2, 0) is 37.9 Å². The van der Waals surface area contributed by atoms with Crippen LogP contribution in [0, 0.1) is 0 Å². The number of benzene rings is 4. The number of hydrogen-bond donors (Lipinski definition) is 1. The van der Waals surface area contributed by atoms with Gasteiger partial charge in [0.25, 0.3) is 11.8 Å². The Bertz CT molecular complexity index is 3150. The molecule has 6 aromatic rings. The molecule has 4 fully saturated rings. The Hall–Kier alpha value is -5.69. The number of nitrogens with one attached hydrogen (secondary N) is 1. The Morgan fingerprint density at radius 2 is 1.04 bits per heavy atom. The Balaban J connectivity index is 0.000000187. The fraction of sp³-hybridized carbons (Fsp3) is 0.431. The average molecular weight is 1130 g/mol. The first kappa shape index (κ1) is 55.1. The molecule has 0 spiro atoms. The third kappa shape index (κ3) is 12.7. The topological polar surface area (TPSA) is 191 Å². The molecule has 0 aliphatic carbocycles. The molecule has 0 unspecified atom stereocenters. The summed E-state index contributed by atoms with van der Waals surface area (Å²) in [5, 5.41) is 17.1. The predicted octanol–water partition coefficient (Wildman–Crippen LogP) is 8.85. The van der Waals surface area contributed by atoms with Gasteiger partial charge >= 0.3 is 12.9 Å². The number of anilines is 2. The van der Waals surface area contributed by atoms with E-state index in [9.17, 15) is 39.2 Å². The monoisotopic (exact) mass is 1130 g/mol. The molecule has 6 heterocycles. The Morgan fingerprint density at radius 1 is 0.632 bits per heavy atom. The van der Waals surface area contributed by atoms with Crippen molar-refractivity contribution in [3.63, 3.8) is 0 Å². The van der Waals surface area contributed by atoms with Crippen molar-refractivity contribution in [2.45, 2.75) is 87.6 Å². The van der Waals surface area contributed by atoms with E-state index in [2.05, 4.69) is 35.5 Å². The predicted molar refractivity (Wildman–Crippen MR) is 279 cm³/mol. The molecule has 4 aliphatic rings. The van der Waals surface area contributed by atoms with Gasteiger partial charge in [-0.05, 0) is 124 Å². The van der Waals surface area contributed by atoms with E-state index < -0.39 is 55.2 Å². The van der Waals surface area contributed by atoms with Crippen LogP contribution < -0.4 is 13.9 Å². The molecular formula is C51H56Cl2F4N10O7S2. The number of likely N-dealkylation sites (tertiary alicyclic amines) is 3. The molecular weight excluding hydrogens is 1080 g/mol. The van der Waals surface area contributed by atoms with Gasteiger partial charge in [0.2, 0.25) is 37.7 Å². The Morgan fingerprint density at radius 3 is 1.38 bits per heavy atom. The summed E-state index contributed by atoms with van der Waals surface area (Å²) < 4.78 is 120. The molecule has 4 aliphatic heterocycles. The van der Waals surface area contributed by atoms with E-state index in [0.717, 1.165) is 26.2 Å². The first-order chi connectivity index (χ1) is 36.5. The molecule has 17 nitrogen and oxygen atoms in total. The molecule has 4 saturated heterocycles. The zero-order valence-electron chi connectivity index (χ0n) is 41.3. The largest absolute Gasteiger partial charge is 0.415 e. The van der Waals surface area contributed by atoms with Crippen molar-refractivity contribution in [2.75, 3.05) is 61.0 Å². The minimum absolute atomic E-state index is 0.0235. The lowest BCUT2D eigenvalue weighted by Crippen LogP contribution is -2.62. The van der Waals surface area contributed by atoms with Crippen molar-refractivity contribution >= 4 is 60.5 Å². The number of aromatic nitrogens is 4. The van der Waals surface area contributed by atoms with Crippen molar-refractivity contribution in [2.24, 2.45) is 0 Å². The highest BCUT2D eigenvalue weighted by atomic mass is 35.5. The van der Waals surface area contributed by atoms with E-state index in [4.69, 9.17) is 32.0 Å². The highest BCUT2D eigenvalue weighted by Crippen LogP contribution is 2.34. The first-order valence-electron chi connectivity index (χ1n) is 24.9. The summed E-state index contributed by atoms with van der Waals surface area (Å²) >= 11 is 12.4. The van der Waals surface area contributed by atoms with Crippen molar-refractivity contribution in [1.82, 2.24) is 40.4 Å².